The van der Waals surface area contributed by atoms with Crippen molar-refractivity contribution in [3.05, 3.63) is 40.8 Å². The number of nitrogens with zero attached hydrogens (tertiary/aromatic N) is 4. The van der Waals surface area contributed by atoms with Crippen molar-refractivity contribution < 1.29 is 0 Å². The van der Waals surface area contributed by atoms with E-state index in [0.717, 1.165) is 41.2 Å². The van der Waals surface area contributed by atoms with Gasteiger partial charge in [-0.1, -0.05) is 31.0 Å². The molecular formula is C15H16Cl2N4. The van der Waals surface area contributed by atoms with Gasteiger partial charge in [-0.15, -0.1) is 11.6 Å². The van der Waals surface area contributed by atoms with E-state index in [1.165, 1.54) is 0 Å². The van der Waals surface area contributed by atoms with Crippen molar-refractivity contribution in [2.24, 2.45) is 7.05 Å². The fourth-order valence-electron chi connectivity index (χ4n) is 2.61. The van der Waals surface area contributed by atoms with Gasteiger partial charge in [0.15, 0.2) is 5.65 Å². The lowest BCUT2D eigenvalue weighted by atomic mass is 10.2. The highest BCUT2D eigenvalue weighted by Crippen LogP contribution is 2.26. The third-order valence-corrected chi connectivity index (χ3v) is 3.92. The van der Waals surface area contributed by atoms with Crippen LogP contribution in [-0.4, -0.2) is 19.3 Å². The highest BCUT2D eigenvalue weighted by molar-refractivity contribution is 6.30. The lowest BCUT2D eigenvalue weighted by Crippen LogP contribution is -2.04. The summed E-state index contributed by atoms with van der Waals surface area (Å²) in [7, 11) is 1.93. The minimum atomic E-state index is 0.340. The van der Waals surface area contributed by atoms with Gasteiger partial charge in [-0.05, 0) is 24.6 Å². The van der Waals surface area contributed by atoms with E-state index in [9.17, 15) is 0 Å². The second kappa shape index (κ2) is 5.70. The van der Waals surface area contributed by atoms with Crippen molar-refractivity contribution in [3.8, 4) is 5.69 Å². The van der Waals surface area contributed by atoms with Crippen molar-refractivity contribution in [2.45, 2.75) is 25.6 Å². The predicted molar refractivity (Wildman–Crippen MR) is 86.4 cm³/mol. The number of imidazole rings is 1. The average molecular weight is 323 g/mol. The number of benzene rings is 1. The van der Waals surface area contributed by atoms with Crippen LogP contribution < -0.4 is 0 Å². The quantitative estimate of drug-likeness (QED) is 0.678. The molecule has 0 radical (unpaired) electrons. The molecule has 2 heterocycles. The van der Waals surface area contributed by atoms with Crippen LogP contribution in [0.5, 0.6) is 0 Å². The van der Waals surface area contributed by atoms with Gasteiger partial charge in [0, 0.05) is 12.1 Å². The maximum absolute atomic E-state index is 6.11. The number of fused-ring (bicyclic) bond motifs is 1. The van der Waals surface area contributed by atoms with E-state index in [4.69, 9.17) is 23.2 Å². The molecule has 1 aromatic carbocycles. The van der Waals surface area contributed by atoms with E-state index in [-0.39, 0.29) is 0 Å². The molecule has 0 saturated carbocycles. The van der Waals surface area contributed by atoms with Crippen LogP contribution in [0.1, 0.15) is 24.9 Å². The number of rotatable bonds is 4. The molecule has 0 saturated heterocycles. The number of halogens is 2. The number of aryl methyl sites for hydroxylation is 2. The molecule has 0 aliphatic carbocycles. The summed E-state index contributed by atoms with van der Waals surface area (Å²) in [5.41, 5.74) is 3.85. The SMILES string of the molecule is CCCc1nn(C)c2c1nc(CCl)n2-c1cccc(Cl)c1. The van der Waals surface area contributed by atoms with Crippen LogP contribution in [0.2, 0.25) is 5.02 Å². The highest BCUT2D eigenvalue weighted by Gasteiger charge is 2.19. The molecule has 0 aliphatic heterocycles. The minimum absolute atomic E-state index is 0.340. The lowest BCUT2D eigenvalue weighted by Gasteiger charge is -2.08. The summed E-state index contributed by atoms with van der Waals surface area (Å²) in [5, 5.41) is 5.27. The number of hydrogen-bond donors (Lipinski definition) is 0. The molecule has 0 N–H and O–H groups in total. The maximum Gasteiger partial charge on any atom is 0.163 e. The molecule has 0 spiro atoms. The summed E-state index contributed by atoms with van der Waals surface area (Å²) in [6.45, 7) is 2.14. The second-order valence-electron chi connectivity index (χ2n) is 4.97. The number of aromatic nitrogens is 4. The number of hydrogen-bond acceptors (Lipinski definition) is 2. The molecule has 3 rings (SSSR count). The van der Waals surface area contributed by atoms with Crippen LogP contribution in [0, 0.1) is 0 Å². The van der Waals surface area contributed by atoms with Gasteiger partial charge >= 0.3 is 0 Å². The van der Waals surface area contributed by atoms with Crippen LogP contribution in [-0.2, 0) is 19.3 Å². The van der Waals surface area contributed by atoms with Crippen LogP contribution in [0.15, 0.2) is 24.3 Å². The van der Waals surface area contributed by atoms with Gasteiger partial charge in [-0.3, -0.25) is 4.57 Å². The molecule has 0 atom stereocenters. The van der Waals surface area contributed by atoms with E-state index in [2.05, 4.69) is 17.0 Å². The molecule has 2 aromatic heterocycles. The number of alkyl halides is 1. The Hall–Kier alpha value is -1.52. The Morgan fingerprint density at radius 1 is 1.29 bits per heavy atom. The third-order valence-electron chi connectivity index (χ3n) is 3.45. The van der Waals surface area contributed by atoms with Crippen molar-refractivity contribution in [1.29, 1.82) is 0 Å². The minimum Gasteiger partial charge on any atom is -0.280 e. The smallest absolute Gasteiger partial charge is 0.163 e. The topological polar surface area (TPSA) is 35.6 Å². The van der Waals surface area contributed by atoms with Crippen molar-refractivity contribution in [1.82, 2.24) is 19.3 Å². The Labute approximate surface area is 133 Å². The first-order valence-electron chi connectivity index (χ1n) is 6.90. The molecule has 21 heavy (non-hydrogen) atoms. The first-order chi connectivity index (χ1) is 10.2. The normalized spacial score (nSPS) is 11.4. The zero-order valence-electron chi connectivity index (χ0n) is 12.0. The summed E-state index contributed by atoms with van der Waals surface area (Å²) >= 11 is 12.2. The zero-order chi connectivity index (χ0) is 15.0. The molecule has 0 bridgehead atoms. The molecule has 0 aliphatic rings. The molecule has 6 heteroatoms. The average Bonchev–Trinajstić information content (AvgIpc) is 2.98. The van der Waals surface area contributed by atoms with Gasteiger partial charge in [0.05, 0.1) is 17.3 Å². The van der Waals surface area contributed by atoms with Crippen LogP contribution in [0.4, 0.5) is 0 Å². The van der Waals surface area contributed by atoms with Crippen LogP contribution in [0.3, 0.4) is 0 Å². The van der Waals surface area contributed by atoms with E-state index >= 15 is 0 Å². The summed E-state index contributed by atoms with van der Waals surface area (Å²) in [4.78, 5) is 4.68. The van der Waals surface area contributed by atoms with Gasteiger partial charge in [0.1, 0.15) is 11.3 Å². The Morgan fingerprint density at radius 3 is 2.76 bits per heavy atom. The van der Waals surface area contributed by atoms with Gasteiger partial charge < -0.3 is 0 Å². The predicted octanol–water partition coefficient (Wildman–Crippen LogP) is 4.10. The van der Waals surface area contributed by atoms with E-state index < -0.39 is 0 Å². The Balaban J connectivity index is 2.30. The van der Waals surface area contributed by atoms with E-state index in [0.29, 0.717) is 10.9 Å². The molecular weight excluding hydrogens is 307 g/mol. The van der Waals surface area contributed by atoms with Crippen molar-refractivity contribution >= 4 is 34.4 Å². The third kappa shape index (κ3) is 2.43. The van der Waals surface area contributed by atoms with Crippen LogP contribution in [0.25, 0.3) is 16.9 Å². The Kier molecular flexibility index (Phi) is 3.91. The summed E-state index contributed by atoms with van der Waals surface area (Å²) in [5.74, 6) is 1.14. The van der Waals surface area contributed by atoms with Crippen molar-refractivity contribution in [3.63, 3.8) is 0 Å². The molecule has 4 nitrogen and oxygen atoms in total. The van der Waals surface area contributed by atoms with Crippen molar-refractivity contribution in [2.75, 3.05) is 0 Å². The molecule has 3 aromatic rings. The monoisotopic (exact) mass is 322 g/mol. The molecule has 0 amide bonds. The maximum atomic E-state index is 6.11. The largest absolute Gasteiger partial charge is 0.280 e. The highest BCUT2D eigenvalue weighted by atomic mass is 35.5. The van der Waals surface area contributed by atoms with E-state index in [1.807, 2.05) is 40.6 Å². The van der Waals surface area contributed by atoms with Crippen LogP contribution >= 0.6 is 23.2 Å². The van der Waals surface area contributed by atoms with Gasteiger partial charge in [-0.2, -0.15) is 5.10 Å². The fourth-order valence-corrected chi connectivity index (χ4v) is 2.97. The molecule has 110 valence electrons. The molecule has 0 fully saturated rings. The zero-order valence-corrected chi connectivity index (χ0v) is 13.5. The van der Waals surface area contributed by atoms with Gasteiger partial charge in [-0.25, -0.2) is 9.67 Å². The Morgan fingerprint density at radius 2 is 2.10 bits per heavy atom. The second-order valence-corrected chi connectivity index (χ2v) is 5.67. The fraction of sp³-hybridized carbons (Fsp3) is 0.333. The first kappa shape index (κ1) is 14.4. The Bertz CT molecular complexity index is 788. The summed E-state index contributed by atoms with van der Waals surface area (Å²) < 4.78 is 3.89. The molecule has 0 unspecified atom stereocenters. The van der Waals surface area contributed by atoms with E-state index in [1.54, 1.807) is 0 Å². The van der Waals surface area contributed by atoms with Gasteiger partial charge in [0.2, 0.25) is 0 Å². The van der Waals surface area contributed by atoms with Gasteiger partial charge in [0.25, 0.3) is 0 Å². The summed E-state index contributed by atoms with van der Waals surface area (Å²) in [6, 6.07) is 7.68. The summed E-state index contributed by atoms with van der Waals surface area (Å²) in [6.07, 6.45) is 1.94. The lowest BCUT2D eigenvalue weighted by molar-refractivity contribution is 0.732. The first-order valence-corrected chi connectivity index (χ1v) is 7.82. The standard InChI is InChI=1S/C15H16Cl2N4/c1-3-5-12-14-15(20(2)19-12)21(13(9-16)18-14)11-7-4-6-10(17)8-11/h4,6-8H,3,5,9H2,1-2H3.